The summed E-state index contributed by atoms with van der Waals surface area (Å²) in [4.78, 5) is 10.2. The van der Waals surface area contributed by atoms with Crippen molar-refractivity contribution < 1.29 is 10.2 Å². The fourth-order valence-corrected chi connectivity index (χ4v) is 3.96. The van der Waals surface area contributed by atoms with Gasteiger partial charge in [-0.05, 0) is 45.1 Å². The standard InChI is InChI=1S/C27H28N4O2/c1-31(2)17-19-8-12-21(13-9-19)29-26(20-6-4-3-5-7-20)25-22-14-10-18(11-15-24(28)32)16-23(22)30-27(25)33/h3-8,10,12,14,16,24,30,32-33H,9,13,17,28H2,1-2H3. The Hall–Kier alpha value is -3.63. The molecule has 0 saturated carbocycles. The zero-order valence-electron chi connectivity index (χ0n) is 18.8. The summed E-state index contributed by atoms with van der Waals surface area (Å²) in [6, 6.07) is 15.5. The second-order valence-electron chi connectivity index (χ2n) is 8.37. The van der Waals surface area contributed by atoms with Gasteiger partial charge < -0.3 is 20.1 Å². The third-order valence-electron chi connectivity index (χ3n) is 5.42. The number of H-pyrrole nitrogens is 1. The molecule has 3 aromatic rings. The fraction of sp³-hybridized carbons (Fsp3) is 0.222. The van der Waals surface area contributed by atoms with Gasteiger partial charge in [0.2, 0.25) is 0 Å². The summed E-state index contributed by atoms with van der Waals surface area (Å²) in [5, 5.41) is 20.9. The highest BCUT2D eigenvalue weighted by molar-refractivity contribution is 6.21. The minimum atomic E-state index is -1.19. The number of aliphatic imine (C=N–C) groups is 1. The summed E-state index contributed by atoms with van der Waals surface area (Å²) in [5.41, 5.74) is 11.4. The Kier molecular flexibility index (Phi) is 6.76. The van der Waals surface area contributed by atoms with Gasteiger partial charge in [-0.1, -0.05) is 59.9 Å². The molecule has 6 heteroatoms. The lowest BCUT2D eigenvalue weighted by Crippen LogP contribution is -2.16. The molecule has 1 aromatic heterocycles. The summed E-state index contributed by atoms with van der Waals surface area (Å²) < 4.78 is 0. The van der Waals surface area contributed by atoms with Crippen molar-refractivity contribution in [3.05, 3.63) is 88.6 Å². The van der Waals surface area contributed by atoms with Crippen LogP contribution in [0.1, 0.15) is 29.5 Å². The van der Waals surface area contributed by atoms with Crippen LogP contribution in [-0.4, -0.2) is 52.7 Å². The quantitative estimate of drug-likeness (QED) is 0.277. The van der Waals surface area contributed by atoms with Gasteiger partial charge in [-0.3, -0.25) is 10.7 Å². The van der Waals surface area contributed by atoms with Crippen LogP contribution in [-0.2, 0) is 0 Å². The number of nitrogens with one attached hydrogen (secondary N) is 1. The molecule has 0 radical (unpaired) electrons. The smallest absolute Gasteiger partial charge is 0.199 e. The molecule has 6 nitrogen and oxygen atoms in total. The number of aromatic nitrogens is 1. The molecule has 1 aliphatic rings. The summed E-state index contributed by atoms with van der Waals surface area (Å²) in [6.07, 6.45) is 4.84. The van der Waals surface area contributed by atoms with Crippen LogP contribution in [0.25, 0.3) is 10.9 Å². The monoisotopic (exact) mass is 440 g/mol. The van der Waals surface area contributed by atoms with Crippen LogP contribution in [0, 0.1) is 11.8 Å². The average molecular weight is 441 g/mol. The van der Waals surface area contributed by atoms with Crippen LogP contribution in [0.15, 0.2) is 76.9 Å². The van der Waals surface area contributed by atoms with E-state index in [1.165, 1.54) is 5.57 Å². The number of fused-ring (bicyclic) bond motifs is 1. The van der Waals surface area contributed by atoms with E-state index in [1.807, 2.05) is 48.5 Å². The van der Waals surface area contributed by atoms with Crippen LogP contribution in [0.4, 0.5) is 0 Å². The van der Waals surface area contributed by atoms with E-state index in [1.54, 1.807) is 0 Å². The number of aliphatic hydroxyl groups is 1. The first-order chi connectivity index (χ1) is 15.9. The lowest BCUT2D eigenvalue weighted by Gasteiger charge is -2.17. The molecule has 5 N–H and O–H groups in total. The maximum atomic E-state index is 10.9. The third kappa shape index (κ3) is 5.41. The van der Waals surface area contributed by atoms with Gasteiger partial charge in [0.25, 0.3) is 0 Å². The summed E-state index contributed by atoms with van der Waals surface area (Å²) in [7, 11) is 4.14. The van der Waals surface area contributed by atoms with Crippen molar-refractivity contribution in [2.75, 3.05) is 20.6 Å². The molecule has 0 fully saturated rings. The van der Waals surface area contributed by atoms with E-state index in [2.05, 4.69) is 48.0 Å². The van der Waals surface area contributed by atoms with Crippen LogP contribution in [0.3, 0.4) is 0 Å². The molecular formula is C27H28N4O2. The highest BCUT2D eigenvalue weighted by atomic mass is 16.3. The Morgan fingerprint density at radius 2 is 1.94 bits per heavy atom. The number of aliphatic hydroxyl groups excluding tert-OH is 1. The van der Waals surface area contributed by atoms with Crippen LogP contribution in [0.2, 0.25) is 0 Å². The van der Waals surface area contributed by atoms with Crippen LogP contribution >= 0.6 is 0 Å². The maximum absolute atomic E-state index is 10.9. The molecule has 1 aliphatic carbocycles. The molecule has 1 unspecified atom stereocenters. The number of nitrogens with two attached hydrogens (primary N) is 1. The minimum Gasteiger partial charge on any atom is -0.494 e. The molecule has 0 bridgehead atoms. The number of nitrogens with zero attached hydrogens (tertiary/aromatic N) is 2. The largest absolute Gasteiger partial charge is 0.494 e. The van der Waals surface area contributed by atoms with Crippen molar-refractivity contribution in [3.8, 4) is 17.7 Å². The molecule has 1 atom stereocenters. The van der Waals surface area contributed by atoms with Crippen molar-refractivity contribution in [1.82, 2.24) is 9.88 Å². The van der Waals surface area contributed by atoms with E-state index in [0.29, 0.717) is 16.8 Å². The average Bonchev–Trinajstić information content (AvgIpc) is 3.12. The van der Waals surface area contributed by atoms with E-state index < -0.39 is 6.23 Å². The predicted molar refractivity (Wildman–Crippen MR) is 133 cm³/mol. The Morgan fingerprint density at radius 1 is 1.15 bits per heavy atom. The zero-order valence-corrected chi connectivity index (χ0v) is 18.8. The normalized spacial score (nSPS) is 15.1. The minimum absolute atomic E-state index is 0.0526. The van der Waals surface area contributed by atoms with E-state index in [0.717, 1.165) is 41.5 Å². The van der Waals surface area contributed by atoms with E-state index in [4.69, 9.17) is 10.7 Å². The predicted octanol–water partition coefficient (Wildman–Crippen LogP) is 3.51. The van der Waals surface area contributed by atoms with Crippen LogP contribution < -0.4 is 5.73 Å². The van der Waals surface area contributed by atoms with E-state index >= 15 is 0 Å². The second kappa shape index (κ2) is 9.88. The van der Waals surface area contributed by atoms with Gasteiger partial charge in [0.15, 0.2) is 12.1 Å². The highest BCUT2D eigenvalue weighted by Crippen LogP contribution is 2.32. The van der Waals surface area contributed by atoms with E-state index in [-0.39, 0.29) is 5.88 Å². The van der Waals surface area contributed by atoms with Crippen molar-refractivity contribution >= 4 is 16.6 Å². The lowest BCUT2D eigenvalue weighted by molar-refractivity contribution is 0.241. The van der Waals surface area contributed by atoms with Gasteiger partial charge in [0.05, 0.1) is 16.8 Å². The number of hydrogen-bond donors (Lipinski definition) is 4. The molecule has 168 valence electrons. The molecule has 4 rings (SSSR count). The Bertz CT molecular complexity index is 1300. The Morgan fingerprint density at radius 3 is 2.61 bits per heavy atom. The molecule has 33 heavy (non-hydrogen) atoms. The summed E-state index contributed by atoms with van der Waals surface area (Å²) in [6.45, 7) is 0.939. The number of aromatic hydroxyl groups is 1. The number of hydrogen-bond acceptors (Lipinski definition) is 5. The van der Waals surface area contributed by atoms with Crippen molar-refractivity contribution in [1.29, 1.82) is 0 Å². The molecule has 1 heterocycles. The van der Waals surface area contributed by atoms with Gasteiger partial charge in [-0.25, -0.2) is 0 Å². The molecule has 0 saturated heterocycles. The Labute approximate surface area is 193 Å². The van der Waals surface area contributed by atoms with Gasteiger partial charge in [0, 0.05) is 28.8 Å². The first kappa shape index (κ1) is 22.6. The number of allylic oxidation sites excluding steroid dienone is 3. The summed E-state index contributed by atoms with van der Waals surface area (Å²) in [5.74, 6) is 5.42. The SMILES string of the molecule is CN(C)CC1=CC=C(N=C(c2ccccc2)c2c(O)[nH]c3cc(C#CC(N)O)ccc23)CC1. The number of likely N-dealkylation sites (N-methyl/N-ethyl adjacent to an activating group) is 1. The highest BCUT2D eigenvalue weighted by Gasteiger charge is 2.19. The first-order valence-electron chi connectivity index (χ1n) is 10.9. The first-order valence-corrected chi connectivity index (χ1v) is 10.9. The van der Waals surface area contributed by atoms with E-state index in [9.17, 15) is 10.2 Å². The van der Waals surface area contributed by atoms with Gasteiger partial charge in [0.1, 0.15) is 0 Å². The van der Waals surface area contributed by atoms with Gasteiger partial charge in [-0.15, -0.1) is 0 Å². The molecule has 0 spiro atoms. The molecule has 0 aliphatic heterocycles. The lowest BCUT2D eigenvalue weighted by atomic mass is 9.98. The maximum Gasteiger partial charge on any atom is 0.199 e. The molecule has 0 amide bonds. The topological polar surface area (TPSA) is 97.9 Å². The molecule has 2 aromatic carbocycles. The van der Waals surface area contributed by atoms with Crippen molar-refractivity contribution in [2.24, 2.45) is 10.7 Å². The van der Waals surface area contributed by atoms with Crippen LogP contribution in [0.5, 0.6) is 5.88 Å². The van der Waals surface area contributed by atoms with Gasteiger partial charge in [-0.2, -0.15) is 0 Å². The number of aromatic amines is 1. The van der Waals surface area contributed by atoms with Crippen molar-refractivity contribution in [3.63, 3.8) is 0 Å². The second-order valence-corrected chi connectivity index (χ2v) is 8.37. The summed E-state index contributed by atoms with van der Waals surface area (Å²) >= 11 is 0. The number of rotatable bonds is 5. The van der Waals surface area contributed by atoms with Crippen molar-refractivity contribution in [2.45, 2.75) is 19.1 Å². The Balaban J connectivity index is 1.80. The fourth-order valence-electron chi connectivity index (χ4n) is 3.96. The number of benzene rings is 2. The third-order valence-corrected chi connectivity index (χ3v) is 5.42. The molecular weight excluding hydrogens is 412 g/mol. The van der Waals surface area contributed by atoms with Gasteiger partial charge >= 0.3 is 0 Å². The zero-order chi connectivity index (χ0) is 23.4.